The summed E-state index contributed by atoms with van der Waals surface area (Å²) in [6.45, 7) is 3.53. The summed E-state index contributed by atoms with van der Waals surface area (Å²) >= 11 is 7.09. The number of halogens is 1. The molecule has 1 unspecified atom stereocenters. The first-order valence-electron chi connectivity index (χ1n) is 8.27. The van der Waals surface area contributed by atoms with E-state index < -0.39 is 12.0 Å². The van der Waals surface area contributed by atoms with Gasteiger partial charge in [-0.05, 0) is 51.0 Å². The number of carbonyl (C=O) groups is 2. The maximum atomic E-state index is 12.9. The number of carboxylic acid groups (broad SMARTS) is 1. The summed E-state index contributed by atoms with van der Waals surface area (Å²) in [6.07, 6.45) is 1.68. The van der Waals surface area contributed by atoms with Gasteiger partial charge in [0.25, 0.3) is 5.91 Å². The van der Waals surface area contributed by atoms with Gasteiger partial charge in [0.1, 0.15) is 28.3 Å². The topological polar surface area (TPSA) is 79.7 Å². The molecule has 1 fully saturated rings. The van der Waals surface area contributed by atoms with Gasteiger partial charge in [-0.3, -0.25) is 4.79 Å². The van der Waals surface area contributed by atoms with E-state index in [1.807, 2.05) is 0 Å². The molecule has 1 aromatic heterocycles. The van der Waals surface area contributed by atoms with E-state index in [0.717, 1.165) is 12.8 Å². The van der Waals surface area contributed by atoms with E-state index in [9.17, 15) is 14.7 Å². The highest BCUT2D eigenvalue weighted by Crippen LogP contribution is 2.32. The largest absolute Gasteiger partial charge is 0.486 e. The molecule has 0 spiro atoms. The van der Waals surface area contributed by atoms with Gasteiger partial charge < -0.3 is 14.7 Å². The van der Waals surface area contributed by atoms with Crippen molar-refractivity contribution in [2.45, 2.75) is 45.4 Å². The number of carboxylic acids is 1. The summed E-state index contributed by atoms with van der Waals surface area (Å²) in [7, 11) is 0. The zero-order chi connectivity index (χ0) is 18.8. The molecule has 1 N–H and O–H groups in total. The molecule has 1 aromatic carbocycles. The molecule has 1 aliphatic carbocycles. The fraction of sp³-hybridized carbons (Fsp3) is 0.389. The monoisotopic (exact) mass is 394 g/mol. The Morgan fingerprint density at radius 3 is 2.62 bits per heavy atom. The number of aryl methyl sites for hydroxylation is 1. The van der Waals surface area contributed by atoms with Gasteiger partial charge in [0.05, 0.1) is 5.69 Å². The first-order chi connectivity index (χ1) is 12.4. The third kappa shape index (κ3) is 4.16. The highest BCUT2D eigenvalue weighted by atomic mass is 35.5. The summed E-state index contributed by atoms with van der Waals surface area (Å²) in [5.41, 5.74) is 0.595. The first kappa shape index (κ1) is 18.7. The number of hydrogen-bond acceptors (Lipinski definition) is 5. The number of rotatable bonds is 7. The smallest absolute Gasteiger partial charge is 0.326 e. The number of aromatic nitrogens is 1. The van der Waals surface area contributed by atoms with E-state index in [1.165, 1.54) is 16.2 Å². The Morgan fingerprint density at radius 1 is 1.38 bits per heavy atom. The number of aliphatic carboxylic acids is 1. The van der Waals surface area contributed by atoms with Gasteiger partial charge in [-0.15, -0.1) is 11.3 Å². The van der Waals surface area contributed by atoms with Crippen molar-refractivity contribution in [3.63, 3.8) is 0 Å². The normalized spacial score (nSPS) is 14.7. The van der Waals surface area contributed by atoms with E-state index in [0.29, 0.717) is 26.4 Å². The lowest BCUT2D eigenvalue weighted by Crippen LogP contribution is -2.44. The lowest BCUT2D eigenvalue weighted by molar-refractivity contribution is -0.141. The SMILES string of the molecule is Cc1nc(COc2ccc(Cl)cc2)sc1C(=O)N(C1CC1)C(C)C(=O)O. The van der Waals surface area contributed by atoms with Crippen molar-refractivity contribution < 1.29 is 19.4 Å². The van der Waals surface area contributed by atoms with Crippen LogP contribution in [-0.4, -0.2) is 39.0 Å². The first-order valence-corrected chi connectivity index (χ1v) is 9.46. The molecule has 0 radical (unpaired) electrons. The number of amides is 1. The Hall–Kier alpha value is -2.12. The third-order valence-electron chi connectivity index (χ3n) is 4.16. The predicted octanol–water partition coefficient (Wildman–Crippen LogP) is 3.76. The van der Waals surface area contributed by atoms with Gasteiger partial charge in [0, 0.05) is 11.1 Å². The summed E-state index contributed by atoms with van der Waals surface area (Å²) in [5, 5.41) is 10.6. The van der Waals surface area contributed by atoms with Crippen LogP contribution in [0.1, 0.15) is 40.1 Å². The van der Waals surface area contributed by atoms with Crippen molar-refractivity contribution in [2.75, 3.05) is 0 Å². The van der Waals surface area contributed by atoms with Crippen molar-refractivity contribution >= 4 is 34.8 Å². The second-order valence-electron chi connectivity index (χ2n) is 6.22. The molecule has 8 heteroatoms. The zero-order valence-corrected chi connectivity index (χ0v) is 16.0. The molecule has 2 aromatic rings. The van der Waals surface area contributed by atoms with E-state index in [1.54, 1.807) is 38.1 Å². The van der Waals surface area contributed by atoms with Gasteiger partial charge in [0.15, 0.2) is 0 Å². The maximum Gasteiger partial charge on any atom is 0.326 e. The van der Waals surface area contributed by atoms with E-state index in [-0.39, 0.29) is 18.6 Å². The molecule has 1 atom stereocenters. The van der Waals surface area contributed by atoms with Crippen LogP contribution in [0.2, 0.25) is 5.02 Å². The van der Waals surface area contributed by atoms with Crippen LogP contribution in [0, 0.1) is 6.92 Å². The van der Waals surface area contributed by atoms with Crippen LogP contribution in [-0.2, 0) is 11.4 Å². The van der Waals surface area contributed by atoms with Gasteiger partial charge in [0.2, 0.25) is 0 Å². The highest BCUT2D eigenvalue weighted by Gasteiger charge is 2.39. The number of nitrogens with zero attached hydrogens (tertiary/aromatic N) is 2. The second kappa shape index (κ2) is 7.63. The number of thiazole rings is 1. The summed E-state index contributed by atoms with van der Waals surface area (Å²) in [6, 6.07) is 6.14. The molecule has 1 saturated carbocycles. The number of carbonyl (C=O) groups excluding carboxylic acids is 1. The quantitative estimate of drug-likeness (QED) is 0.773. The Bertz CT molecular complexity index is 817. The summed E-state index contributed by atoms with van der Waals surface area (Å²) in [5.74, 6) is -0.608. The molecular weight excluding hydrogens is 376 g/mol. The molecular formula is C18H19ClN2O4S. The van der Waals surface area contributed by atoms with E-state index in [4.69, 9.17) is 16.3 Å². The molecule has 3 rings (SSSR count). The third-order valence-corrected chi connectivity index (χ3v) is 5.53. The summed E-state index contributed by atoms with van der Waals surface area (Å²) in [4.78, 5) is 30.6. The van der Waals surface area contributed by atoms with Crippen molar-refractivity contribution in [1.29, 1.82) is 0 Å². The molecule has 1 heterocycles. The zero-order valence-electron chi connectivity index (χ0n) is 14.4. The number of ether oxygens (including phenoxy) is 1. The molecule has 1 aliphatic rings. The fourth-order valence-electron chi connectivity index (χ4n) is 2.64. The average molecular weight is 395 g/mol. The highest BCUT2D eigenvalue weighted by molar-refractivity contribution is 7.13. The molecule has 26 heavy (non-hydrogen) atoms. The Morgan fingerprint density at radius 2 is 2.04 bits per heavy atom. The predicted molar refractivity (Wildman–Crippen MR) is 98.9 cm³/mol. The van der Waals surface area contributed by atoms with Gasteiger partial charge in [-0.2, -0.15) is 0 Å². The second-order valence-corrected chi connectivity index (χ2v) is 7.74. The Kier molecular flexibility index (Phi) is 5.48. The molecule has 138 valence electrons. The lowest BCUT2D eigenvalue weighted by atomic mass is 10.2. The van der Waals surface area contributed by atoms with Crippen LogP contribution < -0.4 is 4.74 Å². The minimum absolute atomic E-state index is 0.00358. The van der Waals surface area contributed by atoms with Crippen molar-refractivity contribution in [3.8, 4) is 5.75 Å². The molecule has 1 amide bonds. The van der Waals surface area contributed by atoms with E-state index in [2.05, 4.69) is 4.98 Å². The van der Waals surface area contributed by atoms with Crippen LogP contribution in [0.5, 0.6) is 5.75 Å². The fourth-order valence-corrected chi connectivity index (χ4v) is 3.68. The molecule has 0 aliphatic heterocycles. The minimum Gasteiger partial charge on any atom is -0.486 e. The molecule has 0 saturated heterocycles. The van der Waals surface area contributed by atoms with E-state index >= 15 is 0 Å². The van der Waals surface area contributed by atoms with Crippen LogP contribution in [0.3, 0.4) is 0 Å². The Labute approximate surface area is 160 Å². The van der Waals surface area contributed by atoms with Crippen molar-refractivity contribution in [1.82, 2.24) is 9.88 Å². The van der Waals surface area contributed by atoms with Crippen molar-refractivity contribution in [2.24, 2.45) is 0 Å². The van der Waals surface area contributed by atoms with Crippen LogP contribution in [0.15, 0.2) is 24.3 Å². The minimum atomic E-state index is -1.00. The average Bonchev–Trinajstić information content (AvgIpc) is 3.36. The molecule has 6 nitrogen and oxygen atoms in total. The molecule has 0 bridgehead atoms. The summed E-state index contributed by atoms with van der Waals surface area (Å²) < 4.78 is 5.67. The van der Waals surface area contributed by atoms with Gasteiger partial charge in [-0.25, -0.2) is 9.78 Å². The van der Waals surface area contributed by atoms with Crippen LogP contribution in [0.25, 0.3) is 0 Å². The number of hydrogen-bond donors (Lipinski definition) is 1. The maximum absolute atomic E-state index is 12.9. The van der Waals surface area contributed by atoms with Crippen molar-refractivity contribution in [3.05, 3.63) is 44.9 Å². The number of benzene rings is 1. The standard InChI is InChI=1S/C18H19ClN2O4S/c1-10-16(17(22)21(13-5-6-13)11(2)18(23)24)26-15(20-10)9-25-14-7-3-12(19)4-8-14/h3-4,7-8,11,13H,5-6,9H2,1-2H3,(H,23,24). The lowest BCUT2D eigenvalue weighted by Gasteiger charge is -2.26. The van der Waals surface area contributed by atoms with Crippen LogP contribution in [0.4, 0.5) is 0 Å². The van der Waals surface area contributed by atoms with Gasteiger partial charge in [-0.1, -0.05) is 11.6 Å². The van der Waals surface area contributed by atoms with Gasteiger partial charge >= 0.3 is 5.97 Å². The Balaban J connectivity index is 1.73. The van der Waals surface area contributed by atoms with Crippen LogP contribution >= 0.6 is 22.9 Å².